The van der Waals surface area contributed by atoms with E-state index in [9.17, 15) is 9.90 Å². The van der Waals surface area contributed by atoms with E-state index in [1.807, 2.05) is 31.2 Å². The zero-order valence-electron chi connectivity index (χ0n) is 11.1. The number of alkyl halides is 1. The highest BCUT2D eigenvalue weighted by molar-refractivity contribution is 9.08. The van der Waals surface area contributed by atoms with Gasteiger partial charge in [-0.05, 0) is 38.5 Å². The minimum atomic E-state index is -0.874. The highest BCUT2D eigenvalue weighted by atomic mass is 79.9. The van der Waals surface area contributed by atoms with Crippen molar-refractivity contribution in [1.29, 1.82) is 0 Å². The highest BCUT2D eigenvalue weighted by Crippen LogP contribution is 2.12. The number of likely N-dealkylation sites (N-methyl/N-ethyl adjacent to an activating group) is 1. The van der Waals surface area contributed by atoms with Gasteiger partial charge in [-0.2, -0.15) is 0 Å². The summed E-state index contributed by atoms with van der Waals surface area (Å²) in [5, 5.41) is 10.6. The molecule has 0 aliphatic heterocycles. The minimum Gasteiger partial charge on any atom is -0.389 e. The second-order valence-electron chi connectivity index (χ2n) is 4.96. The van der Waals surface area contributed by atoms with E-state index in [-0.39, 0.29) is 5.91 Å². The lowest BCUT2D eigenvalue weighted by molar-refractivity contribution is 0.0314. The normalized spacial score (nSPS) is 11.4. The second-order valence-corrected chi connectivity index (χ2v) is 5.52. The van der Waals surface area contributed by atoms with Crippen LogP contribution in [0.4, 0.5) is 0 Å². The van der Waals surface area contributed by atoms with Gasteiger partial charge in [-0.3, -0.25) is 4.79 Å². The average Bonchev–Trinajstić information content (AvgIpc) is 2.34. The van der Waals surface area contributed by atoms with E-state index in [0.29, 0.717) is 18.7 Å². The second kappa shape index (κ2) is 6.34. The zero-order valence-corrected chi connectivity index (χ0v) is 12.7. The van der Waals surface area contributed by atoms with E-state index in [2.05, 4.69) is 15.9 Å². The molecule has 100 valence electrons. The molecule has 18 heavy (non-hydrogen) atoms. The Morgan fingerprint density at radius 1 is 1.33 bits per heavy atom. The van der Waals surface area contributed by atoms with E-state index in [1.165, 1.54) is 0 Å². The molecule has 0 bridgehead atoms. The molecule has 0 aliphatic rings. The van der Waals surface area contributed by atoms with Crippen LogP contribution in [-0.4, -0.2) is 34.6 Å². The van der Waals surface area contributed by atoms with Crippen LogP contribution in [0.15, 0.2) is 24.3 Å². The summed E-state index contributed by atoms with van der Waals surface area (Å²) in [5.41, 5.74) is 0.921. The molecule has 4 heteroatoms. The molecule has 1 aromatic rings. The SMILES string of the molecule is CCN(CC(C)(C)O)C(=O)c1ccc(CBr)cc1. The molecule has 1 amide bonds. The number of carbonyl (C=O) groups excluding carboxylic acids is 1. The van der Waals surface area contributed by atoms with Crippen molar-refractivity contribution < 1.29 is 9.90 Å². The van der Waals surface area contributed by atoms with Crippen LogP contribution in [0.5, 0.6) is 0 Å². The largest absolute Gasteiger partial charge is 0.389 e. The summed E-state index contributed by atoms with van der Waals surface area (Å²) in [6.45, 7) is 6.25. The van der Waals surface area contributed by atoms with Crippen molar-refractivity contribution in [2.45, 2.75) is 31.7 Å². The maximum atomic E-state index is 12.3. The average molecular weight is 314 g/mol. The van der Waals surface area contributed by atoms with Gasteiger partial charge >= 0.3 is 0 Å². The smallest absolute Gasteiger partial charge is 0.253 e. The maximum Gasteiger partial charge on any atom is 0.253 e. The lowest BCUT2D eigenvalue weighted by Crippen LogP contribution is -2.42. The minimum absolute atomic E-state index is 0.0410. The van der Waals surface area contributed by atoms with Crippen molar-refractivity contribution in [1.82, 2.24) is 4.90 Å². The van der Waals surface area contributed by atoms with Crippen LogP contribution in [-0.2, 0) is 5.33 Å². The zero-order chi connectivity index (χ0) is 13.8. The number of nitrogens with zero attached hydrogens (tertiary/aromatic N) is 1. The molecule has 0 aliphatic carbocycles. The third kappa shape index (κ3) is 4.42. The Hall–Kier alpha value is -0.870. The van der Waals surface area contributed by atoms with Crippen molar-refractivity contribution in [3.05, 3.63) is 35.4 Å². The van der Waals surface area contributed by atoms with Crippen molar-refractivity contribution in [2.24, 2.45) is 0 Å². The monoisotopic (exact) mass is 313 g/mol. The summed E-state index contributed by atoms with van der Waals surface area (Å²) in [6.07, 6.45) is 0. The van der Waals surface area contributed by atoms with Gasteiger partial charge in [0.2, 0.25) is 0 Å². The van der Waals surface area contributed by atoms with Gasteiger partial charge in [0.1, 0.15) is 0 Å². The molecule has 0 atom stereocenters. The Labute approximate surface area is 117 Å². The van der Waals surface area contributed by atoms with Crippen LogP contribution in [0.3, 0.4) is 0 Å². The molecule has 0 radical (unpaired) electrons. The molecular formula is C14H20BrNO2. The summed E-state index contributed by atoms with van der Waals surface area (Å²) in [5.74, 6) is -0.0410. The number of amides is 1. The molecule has 0 saturated heterocycles. The summed E-state index contributed by atoms with van der Waals surface area (Å²) >= 11 is 3.37. The molecule has 1 N–H and O–H groups in total. The topological polar surface area (TPSA) is 40.5 Å². The van der Waals surface area contributed by atoms with E-state index in [0.717, 1.165) is 10.9 Å². The first kappa shape index (κ1) is 15.2. The van der Waals surface area contributed by atoms with Gasteiger partial charge in [-0.1, -0.05) is 28.1 Å². The van der Waals surface area contributed by atoms with E-state index in [4.69, 9.17) is 0 Å². The van der Waals surface area contributed by atoms with Gasteiger partial charge in [-0.25, -0.2) is 0 Å². The summed E-state index contributed by atoms with van der Waals surface area (Å²) in [7, 11) is 0. The molecule has 0 spiro atoms. The molecule has 1 rings (SSSR count). The van der Waals surface area contributed by atoms with E-state index in [1.54, 1.807) is 18.7 Å². The molecule has 0 aromatic heterocycles. The lowest BCUT2D eigenvalue weighted by atomic mass is 10.1. The number of hydrogen-bond donors (Lipinski definition) is 1. The van der Waals surface area contributed by atoms with Crippen molar-refractivity contribution in [3.8, 4) is 0 Å². The third-order valence-electron chi connectivity index (χ3n) is 2.60. The number of rotatable bonds is 5. The van der Waals surface area contributed by atoms with E-state index >= 15 is 0 Å². The van der Waals surface area contributed by atoms with Gasteiger partial charge in [0.25, 0.3) is 5.91 Å². The van der Waals surface area contributed by atoms with Crippen LogP contribution in [0, 0.1) is 0 Å². The van der Waals surface area contributed by atoms with Crippen molar-refractivity contribution in [3.63, 3.8) is 0 Å². The molecule has 0 heterocycles. The first-order valence-corrected chi connectivity index (χ1v) is 7.16. The maximum absolute atomic E-state index is 12.3. The fourth-order valence-electron chi connectivity index (χ4n) is 1.71. The standard InChI is InChI=1S/C14H20BrNO2/c1-4-16(10-14(2,3)18)13(17)12-7-5-11(9-15)6-8-12/h5-8,18H,4,9-10H2,1-3H3. The molecular weight excluding hydrogens is 294 g/mol. The Morgan fingerprint density at radius 3 is 2.28 bits per heavy atom. The number of halogens is 1. The van der Waals surface area contributed by atoms with E-state index < -0.39 is 5.60 Å². The Balaban J connectivity index is 2.82. The van der Waals surface area contributed by atoms with Gasteiger partial charge in [0, 0.05) is 24.0 Å². The van der Waals surface area contributed by atoms with Crippen LogP contribution in [0.25, 0.3) is 0 Å². The first-order valence-electron chi connectivity index (χ1n) is 6.04. The fraction of sp³-hybridized carbons (Fsp3) is 0.500. The van der Waals surface area contributed by atoms with Gasteiger partial charge < -0.3 is 10.0 Å². The van der Waals surface area contributed by atoms with Crippen LogP contribution in [0.2, 0.25) is 0 Å². The van der Waals surface area contributed by atoms with Gasteiger partial charge in [0.05, 0.1) is 5.60 Å². The Bertz CT molecular complexity index is 395. The number of hydrogen-bond acceptors (Lipinski definition) is 2. The third-order valence-corrected chi connectivity index (χ3v) is 3.25. The van der Waals surface area contributed by atoms with Crippen molar-refractivity contribution in [2.75, 3.05) is 13.1 Å². The molecule has 1 aromatic carbocycles. The molecule has 0 unspecified atom stereocenters. The lowest BCUT2D eigenvalue weighted by Gasteiger charge is -2.28. The number of benzene rings is 1. The number of aliphatic hydroxyl groups is 1. The molecule has 3 nitrogen and oxygen atoms in total. The summed E-state index contributed by atoms with van der Waals surface area (Å²) < 4.78 is 0. The molecule has 0 saturated carbocycles. The highest BCUT2D eigenvalue weighted by Gasteiger charge is 2.22. The predicted octanol–water partition coefficient (Wildman–Crippen LogP) is 2.81. The van der Waals surface area contributed by atoms with Crippen molar-refractivity contribution >= 4 is 21.8 Å². The Morgan fingerprint density at radius 2 is 1.89 bits per heavy atom. The summed E-state index contributed by atoms with van der Waals surface area (Å²) in [6, 6.07) is 7.51. The molecule has 0 fully saturated rings. The number of carbonyl (C=O) groups is 1. The van der Waals surface area contributed by atoms with Gasteiger partial charge in [0.15, 0.2) is 0 Å². The van der Waals surface area contributed by atoms with Crippen LogP contribution >= 0.6 is 15.9 Å². The van der Waals surface area contributed by atoms with Crippen LogP contribution in [0.1, 0.15) is 36.7 Å². The quantitative estimate of drug-likeness (QED) is 0.849. The van der Waals surface area contributed by atoms with Crippen LogP contribution < -0.4 is 0 Å². The Kier molecular flexibility index (Phi) is 5.35. The summed E-state index contributed by atoms with van der Waals surface area (Å²) in [4.78, 5) is 13.9. The van der Waals surface area contributed by atoms with Gasteiger partial charge in [-0.15, -0.1) is 0 Å². The fourth-order valence-corrected chi connectivity index (χ4v) is 2.09. The predicted molar refractivity (Wildman–Crippen MR) is 76.9 cm³/mol. The first-order chi connectivity index (χ1) is 8.37.